The molecule has 1 aromatic heterocycles. The summed E-state index contributed by atoms with van der Waals surface area (Å²) in [5.41, 5.74) is 0.997. The van der Waals surface area contributed by atoms with Crippen LogP contribution < -0.4 is 15.5 Å². The van der Waals surface area contributed by atoms with Gasteiger partial charge in [-0.1, -0.05) is 12.1 Å². The Morgan fingerprint density at radius 3 is 3.21 bits per heavy atom. The summed E-state index contributed by atoms with van der Waals surface area (Å²) in [6.07, 6.45) is 0. The standard InChI is InChI=1S/C13H16N4OS/c1-14-12(18)11-8-15-6-7-17(11)13-9-4-2-3-5-10(9)16-19-13/h2-5,11,15H,6-8H2,1H3,(H,14,18). The van der Waals surface area contributed by atoms with Crippen molar-refractivity contribution in [3.8, 4) is 0 Å². The summed E-state index contributed by atoms with van der Waals surface area (Å²) in [7, 11) is 1.68. The van der Waals surface area contributed by atoms with Gasteiger partial charge in [-0.05, 0) is 23.7 Å². The number of aromatic nitrogens is 1. The second-order valence-corrected chi connectivity index (χ2v) is 5.28. The third kappa shape index (κ3) is 2.17. The maximum Gasteiger partial charge on any atom is 0.243 e. The summed E-state index contributed by atoms with van der Waals surface area (Å²) in [5.74, 6) is 0.0460. The second-order valence-electron chi connectivity index (χ2n) is 4.53. The van der Waals surface area contributed by atoms with E-state index in [0.717, 1.165) is 29.0 Å². The van der Waals surface area contributed by atoms with Crippen LogP contribution in [0.25, 0.3) is 10.9 Å². The number of nitrogens with one attached hydrogen (secondary N) is 2. The highest BCUT2D eigenvalue weighted by Crippen LogP contribution is 2.32. The molecule has 1 saturated heterocycles. The molecule has 6 heteroatoms. The Bertz CT molecular complexity index is 597. The molecule has 1 aliphatic heterocycles. The first-order valence-corrected chi connectivity index (χ1v) is 7.12. The van der Waals surface area contributed by atoms with Crippen molar-refractivity contribution in [2.24, 2.45) is 0 Å². The SMILES string of the molecule is CNC(=O)C1CNCCN1c1snc2ccccc12. The van der Waals surface area contributed by atoms with Gasteiger partial charge in [-0.2, -0.15) is 4.37 Å². The molecule has 5 nitrogen and oxygen atoms in total. The third-order valence-corrected chi connectivity index (χ3v) is 4.33. The van der Waals surface area contributed by atoms with Gasteiger partial charge in [0.1, 0.15) is 11.0 Å². The zero-order valence-corrected chi connectivity index (χ0v) is 11.5. The predicted molar refractivity (Wildman–Crippen MR) is 77.7 cm³/mol. The van der Waals surface area contributed by atoms with E-state index in [9.17, 15) is 4.79 Å². The minimum Gasteiger partial charge on any atom is -0.357 e. The largest absolute Gasteiger partial charge is 0.357 e. The molecule has 0 bridgehead atoms. The summed E-state index contributed by atoms with van der Waals surface area (Å²) in [6.45, 7) is 2.38. The van der Waals surface area contributed by atoms with Crippen molar-refractivity contribution in [3.05, 3.63) is 24.3 Å². The fourth-order valence-corrected chi connectivity index (χ4v) is 3.37. The van der Waals surface area contributed by atoms with Crippen LogP contribution in [0.5, 0.6) is 0 Å². The highest BCUT2D eigenvalue weighted by Gasteiger charge is 2.30. The van der Waals surface area contributed by atoms with E-state index in [1.165, 1.54) is 11.5 Å². The van der Waals surface area contributed by atoms with Crippen LogP contribution in [0.3, 0.4) is 0 Å². The maximum absolute atomic E-state index is 12.0. The molecule has 0 radical (unpaired) electrons. The molecule has 1 aromatic carbocycles. The van der Waals surface area contributed by atoms with E-state index in [0.29, 0.717) is 6.54 Å². The van der Waals surface area contributed by atoms with E-state index >= 15 is 0 Å². The van der Waals surface area contributed by atoms with E-state index < -0.39 is 0 Å². The Balaban J connectivity index is 2.00. The molecule has 19 heavy (non-hydrogen) atoms. The van der Waals surface area contributed by atoms with Crippen molar-refractivity contribution < 1.29 is 4.79 Å². The van der Waals surface area contributed by atoms with Crippen LogP contribution in [0.1, 0.15) is 0 Å². The highest BCUT2D eigenvalue weighted by atomic mass is 32.1. The van der Waals surface area contributed by atoms with Crippen molar-refractivity contribution in [3.63, 3.8) is 0 Å². The molecule has 100 valence electrons. The maximum atomic E-state index is 12.0. The molecule has 0 aliphatic carbocycles. The Morgan fingerprint density at radius 2 is 2.37 bits per heavy atom. The van der Waals surface area contributed by atoms with Gasteiger partial charge in [0, 0.05) is 32.1 Å². The van der Waals surface area contributed by atoms with Crippen molar-refractivity contribution in [2.45, 2.75) is 6.04 Å². The van der Waals surface area contributed by atoms with Crippen molar-refractivity contribution in [1.29, 1.82) is 0 Å². The van der Waals surface area contributed by atoms with Crippen molar-refractivity contribution in [1.82, 2.24) is 15.0 Å². The number of likely N-dealkylation sites (N-methyl/N-ethyl adjacent to an activating group) is 1. The summed E-state index contributed by atoms with van der Waals surface area (Å²) in [4.78, 5) is 14.2. The van der Waals surface area contributed by atoms with Gasteiger partial charge in [0.25, 0.3) is 0 Å². The minimum atomic E-state index is -0.164. The average Bonchev–Trinajstić information content (AvgIpc) is 2.90. The third-order valence-electron chi connectivity index (χ3n) is 3.42. The molecule has 2 aromatic rings. The zero-order valence-electron chi connectivity index (χ0n) is 10.7. The first-order valence-electron chi connectivity index (χ1n) is 6.34. The first kappa shape index (κ1) is 12.4. The number of hydrogen-bond donors (Lipinski definition) is 2. The molecular formula is C13H16N4OS. The molecule has 2 N–H and O–H groups in total. The van der Waals surface area contributed by atoms with E-state index in [4.69, 9.17) is 0 Å². The molecule has 2 heterocycles. The summed E-state index contributed by atoms with van der Waals surface area (Å²) >= 11 is 1.47. The molecule has 0 spiro atoms. The molecule has 1 aliphatic rings. The van der Waals surface area contributed by atoms with Gasteiger partial charge in [0.15, 0.2) is 0 Å². The van der Waals surface area contributed by atoms with Gasteiger partial charge in [-0.3, -0.25) is 4.79 Å². The number of amides is 1. The van der Waals surface area contributed by atoms with Gasteiger partial charge in [-0.15, -0.1) is 0 Å². The lowest BCUT2D eigenvalue weighted by molar-refractivity contribution is -0.122. The molecule has 1 atom stereocenters. The zero-order chi connectivity index (χ0) is 13.2. The van der Waals surface area contributed by atoms with Crippen LogP contribution in [0.15, 0.2) is 24.3 Å². The van der Waals surface area contributed by atoms with Crippen LogP contribution in [0.4, 0.5) is 5.00 Å². The van der Waals surface area contributed by atoms with Crippen LogP contribution in [0.2, 0.25) is 0 Å². The lowest BCUT2D eigenvalue weighted by Crippen LogP contribution is -2.57. The van der Waals surface area contributed by atoms with Gasteiger partial charge >= 0.3 is 0 Å². The van der Waals surface area contributed by atoms with E-state index in [-0.39, 0.29) is 11.9 Å². The lowest BCUT2D eigenvalue weighted by Gasteiger charge is -2.35. The number of hydrogen-bond acceptors (Lipinski definition) is 5. The predicted octanol–water partition coefficient (Wildman–Crippen LogP) is 0.820. The van der Waals surface area contributed by atoms with E-state index in [1.54, 1.807) is 7.05 Å². The molecule has 0 saturated carbocycles. The van der Waals surface area contributed by atoms with Crippen LogP contribution in [-0.2, 0) is 4.79 Å². The van der Waals surface area contributed by atoms with Gasteiger partial charge < -0.3 is 15.5 Å². The molecule has 1 fully saturated rings. The number of carbonyl (C=O) groups is 1. The number of benzene rings is 1. The first-order chi connectivity index (χ1) is 9.31. The quantitative estimate of drug-likeness (QED) is 0.853. The lowest BCUT2D eigenvalue weighted by atomic mass is 10.1. The van der Waals surface area contributed by atoms with Crippen molar-refractivity contribution in [2.75, 3.05) is 31.6 Å². The second kappa shape index (κ2) is 5.14. The molecular weight excluding hydrogens is 260 g/mol. The number of nitrogens with zero attached hydrogens (tertiary/aromatic N) is 2. The average molecular weight is 276 g/mol. The summed E-state index contributed by atoms with van der Waals surface area (Å²) < 4.78 is 4.46. The number of anilines is 1. The fourth-order valence-electron chi connectivity index (χ4n) is 2.43. The fraction of sp³-hybridized carbons (Fsp3) is 0.385. The number of carbonyl (C=O) groups excluding carboxylic acids is 1. The number of piperazine rings is 1. The number of rotatable bonds is 2. The van der Waals surface area contributed by atoms with E-state index in [2.05, 4.69) is 26.0 Å². The Morgan fingerprint density at radius 1 is 1.53 bits per heavy atom. The Hall–Kier alpha value is -1.66. The van der Waals surface area contributed by atoms with Gasteiger partial charge in [-0.25, -0.2) is 0 Å². The summed E-state index contributed by atoms with van der Waals surface area (Å²) in [6, 6.07) is 7.91. The molecule has 1 unspecified atom stereocenters. The minimum absolute atomic E-state index is 0.0460. The van der Waals surface area contributed by atoms with Crippen LogP contribution in [0, 0.1) is 0 Å². The smallest absolute Gasteiger partial charge is 0.243 e. The Kier molecular flexibility index (Phi) is 3.35. The van der Waals surface area contributed by atoms with Crippen LogP contribution >= 0.6 is 11.5 Å². The highest BCUT2D eigenvalue weighted by molar-refractivity contribution is 7.11. The van der Waals surface area contributed by atoms with Crippen LogP contribution in [-0.4, -0.2) is 43.0 Å². The van der Waals surface area contributed by atoms with Gasteiger partial charge in [0.2, 0.25) is 5.91 Å². The topological polar surface area (TPSA) is 57.3 Å². The van der Waals surface area contributed by atoms with Crippen molar-refractivity contribution >= 4 is 33.3 Å². The van der Waals surface area contributed by atoms with Gasteiger partial charge in [0.05, 0.1) is 5.52 Å². The molecule has 3 rings (SSSR count). The van der Waals surface area contributed by atoms with E-state index in [1.807, 2.05) is 18.2 Å². The monoisotopic (exact) mass is 276 g/mol. The Labute approximate surface area is 115 Å². The molecule has 1 amide bonds. The number of fused-ring (bicyclic) bond motifs is 1. The normalized spacial score (nSPS) is 19.6. The summed E-state index contributed by atoms with van der Waals surface area (Å²) in [5, 5.41) is 8.23.